The second-order valence-electron chi connectivity index (χ2n) is 1.25. The van der Waals surface area contributed by atoms with Crippen molar-refractivity contribution in [2.24, 2.45) is 5.10 Å². The van der Waals surface area contributed by atoms with Gasteiger partial charge in [0.05, 0.1) is 6.72 Å². The summed E-state index contributed by atoms with van der Waals surface area (Å²) in [5.41, 5.74) is 0. The monoisotopic (exact) mass is 99.1 g/mol. The molecule has 0 aromatic rings. The van der Waals surface area contributed by atoms with Gasteiger partial charge in [-0.25, -0.2) is 0 Å². The lowest BCUT2D eigenvalue weighted by Crippen LogP contribution is -2.14. The molecule has 0 heterocycles. The Hall–Kier alpha value is -0.530. The van der Waals surface area contributed by atoms with E-state index < -0.39 is 0 Å². The minimum atomic E-state index is 0.896. The molecule has 0 N–H and O–H groups in total. The Bertz CT molecular complexity index is 48.0. The van der Waals surface area contributed by atoms with Gasteiger partial charge in [0.15, 0.2) is 0 Å². The van der Waals surface area contributed by atoms with Crippen LogP contribution in [0.5, 0.6) is 0 Å². The van der Waals surface area contributed by atoms with E-state index in [0.717, 1.165) is 13.1 Å². The molecule has 0 saturated heterocycles. The van der Waals surface area contributed by atoms with Crippen molar-refractivity contribution in [2.45, 2.75) is 13.8 Å². The van der Waals surface area contributed by atoms with E-state index >= 15 is 0 Å². The molecule has 0 spiro atoms. The largest absolute Gasteiger partial charge is 0.298 e. The molecule has 0 unspecified atom stereocenters. The van der Waals surface area contributed by atoms with Crippen LogP contribution >= 0.6 is 0 Å². The molecule has 2 nitrogen and oxygen atoms in total. The zero-order chi connectivity index (χ0) is 5.70. The Morgan fingerprint density at radius 2 is 1.86 bits per heavy atom. The molecule has 41 valence electrons. The van der Waals surface area contributed by atoms with Gasteiger partial charge >= 0.3 is 0 Å². The SMILES string of the molecule is [CH]=NN(CC)CC. The van der Waals surface area contributed by atoms with E-state index in [1.54, 1.807) is 5.01 Å². The first-order valence-electron chi connectivity index (χ1n) is 2.50. The second-order valence-corrected chi connectivity index (χ2v) is 1.25. The second kappa shape index (κ2) is 3.65. The van der Waals surface area contributed by atoms with Crippen LogP contribution in [0.2, 0.25) is 0 Å². The van der Waals surface area contributed by atoms with Crippen LogP contribution in [0.25, 0.3) is 0 Å². The summed E-state index contributed by atoms with van der Waals surface area (Å²) in [4.78, 5) is 0. The summed E-state index contributed by atoms with van der Waals surface area (Å²) in [6.07, 6.45) is 0. The molecule has 0 amide bonds. The third-order valence-electron chi connectivity index (χ3n) is 0.893. The van der Waals surface area contributed by atoms with Crippen molar-refractivity contribution in [2.75, 3.05) is 13.1 Å². The van der Waals surface area contributed by atoms with Gasteiger partial charge in [-0.15, -0.1) is 0 Å². The Balaban J connectivity index is 3.16. The van der Waals surface area contributed by atoms with Gasteiger partial charge in [-0.2, -0.15) is 5.10 Å². The van der Waals surface area contributed by atoms with Crippen molar-refractivity contribution in [1.82, 2.24) is 5.01 Å². The van der Waals surface area contributed by atoms with Gasteiger partial charge in [-0.3, -0.25) is 5.01 Å². The highest BCUT2D eigenvalue weighted by atomic mass is 15.4. The number of hydrogen-bond acceptors (Lipinski definition) is 2. The molecule has 0 bridgehead atoms. The van der Waals surface area contributed by atoms with Crippen LogP contribution < -0.4 is 0 Å². The first-order valence-corrected chi connectivity index (χ1v) is 2.50. The highest BCUT2D eigenvalue weighted by molar-refractivity contribution is 5.22. The standard InChI is InChI=1S/C5H11N2/c1-4-7(5-2)6-3/h3H,4-5H2,1-2H3. The smallest absolute Gasteiger partial charge is 0.0671 e. The van der Waals surface area contributed by atoms with Crippen molar-refractivity contribution in [3.8, 4) is 0 Å². The third kappa shape index (κ3) is 2.20. The number of nitrogens with zero attached hydrogens (tertiary/aromatic N) is 2. The summed E-state index contributed by atoms with van der Waals surface area (Å²) in [6, 6.07) is 0. The summed E-state index contributed by atoms with van der Waals surface area (Å²) in [5, 5.41) is 5.24. The van der Waals surface area contributed by atoms with Crippen molar-refractivity contribution >= 4 is 6.72 Å². The predicted octanol–water partition coefficient (Wildman–Crippen LogP) is 0.821. The van der Waals surface area contributed by atoms with Gasteiger partial charge in [0, 0.05) is 13.1 Å². The fourth-order valence-corrected chi connectivity index (χ4v) is 0.387. The van der Waals surface area contributed by atoms with E-state index in [1.165, 1.54) is 0 Å². The summed E-state index contributed by atoms with van der Waals surface area (Å²) < 4.78 is 0. The van der Waals surface area contributed by atoms with Crippen molar-refractivity contribution in [3.05, 3.63) is 0 Å². The number of hydrazone groups is 1. The van der Waals surface area contributed by atoms with Gasteiger partial charge < -0.3 is 0 Å². The van der Waals surface area contributed by atoms with Gasteiger partial charge in [0.25, 0.3) is 0 Å². The maximum absolute atomic E-state index is 4.94. The zero-order valence-electron chi connectivity index (χ0n) is 4.89. The molecule has 1 radical (unpaired) electrons. The van der Waals surface area contributed by atoms with Gasteiger partial charge in [-0.05, 0) is 13.8 Å². The van der Waals surface area contributed by atoms with Crippen molar-refractivity contribution in [3.63, 3.8) is 0 Å². The maximum atomic E-state index is 4.94. The molecule has 2 heteroatoms. The van der Waals surface area contributed by atoms with E-state index in [4.69, 9.17) is 6.72 Å². The molecule has 0 fully saturated rings. The highest BCUT2D eigenvalue weighted by Gasteiger charge is 1.84. The Labute approximate surface area is 44.8 Å². The quantitative estimate of drug-likeness (QED) is 0.378. The average Bonchev–Trinajstić information content (AvgIpc) is 1.72. The molecule has 0 atom stereocenters. The third-order valence-corrected chi connectivity index (χ3v) is 0.893. The van der Waals surface area contributed by atoms with Crippen molar-refractivity contribution in [1.29, 1.82) is 0 Å². The topological polar surface area (TPSA) is 15.6 Å². The molecule has 0 aromatic heterocycles. The first kappa shape index (κ1) is 6.47. The molecule has 7 heavy (non-hydrogen) atoms. The lowest BCUT2D eigenvalue weighted by Gasteiger charge is -2.10. The van der Waals surface area contributed by atoms with Crippen LogP contribution in [0.4, 0.5) is 0 Å². The minimum absolute atomic E-state index is 0.896. The van der Waals surface area contributed by atoms with Crippen LogP contribution in [0, 0.1) is 0 Å². The van der Waals surface area contributed by atoms with Crippen LogP contribution in [-0.4, -0.2) is 24.8 Å². The van der Waals surface area contributed by atoms with Crippen LogP contribution in [0.15, 0.2) is 5.10 Å². The summed E-state index contributed by atoms with van der Waals surface area (Å²) in [5.74, 6) is 0. The fraction of sp³-hybridized carbons (Fsp3) is 0.800. The maximum Gasteiger partial charge on any atom is 0.0671 e. The zero-order valence-corrected chi connectivity index (χ0v) is 4.89. The van der Waals surface area contributed by atoms with Crippen LogP contribution in [0.1, 0.15) is 13.8 Å². The van der Waals surface area contributed by atoms with E-state index in [9.17, 15) is 0 Å². The molecule has 0 saturated carbocycles. The van der Waals surface area contributed by atoms with E-state index in [-0.39, 0.29) is 0 Å². The normalized spacial score (nSPS) is 8.29. The molecule has 0 aliphatic carbocycles. The van der Waals surface area contributed by atoms with Crippen LogP contribution in [-0.2, 0) is 0 Å². The number of hydrogen-bond donors (Lipinski definition) is 0. The fourth-order valence-electron chi connectivity index (χ4n) is 0.387. The Morgan fingerprint density at radius 1 is 1.43 bits per heavy atom. The minimum Gasteiger partial charge on any atom is -0.298 e. The lowest BCUT2D eigenvalue weighted by molar-refractivity contribution is 0.324. The Kier molecular flexibility index (Phi) is 3.38. The number of rotatable bonds is 3. The summed E-state index contributed by atoms with van der Waals surface area (Å²) in [7, 11) is 0. The average molecular weight is 99.2 g/mol. The summed E-state index contributed by atoms with van der Waals surface area (Å²) in [6.45, 7) is 10.8. The van der Waals surface area contributed by atoms with Gasteiger partial charge in [0.2, 0.25) is 0 Å². The molecular weight excluding hydrogens is 88.1 g/mol. The molecule has 0 rings (SSSR count). The predicted molar refractivity (Wildman–Crippen MR) is 31.4 cm³/mol. The molecule has 0 aliphatic heterocycles. The molecular formula is C5H11N2. The van der Waals surface area contributed by atoms with Crippen molar-refractivity contribution < 1.29 is 0 Å². The molecule has 0 aromatic carbocycles. The van der Waals surface area contributed by atoms with Crippen LogP contribution in [0.3, 0.4) is 0 Å². The lowest BCUT2D eigenvalue weighted by atomic mass is 10.6. The molecule has 0 aliphatic rings. The van der Waals surface area contributed by atoms with E-state index in [2.05, 4.69) is 5.10 Å². The van der Waals surface area contributed by atoms with Gasteiger partial charge in [-0.1, -0.05) is 0 Å². The van der Waals surface area contributed by atoms with Gasteiger partial charge in [0.1, 0.15) is 0 Å². The van der Waals surface area contributed by atoms with E-state index in [1.807, 2.05) is 13.8 Å². The Morgan fingerprint density at radius 3 is 1.86 bits per heavy atom. The van der Waals surface area contributed by atoms with E-state index in [0.29, 0.717) is 0 Å². The highest BCUT2D eigenvalue weighted by Crippen LogP contribution is 1.82. The summed E-state index contributed by atoms with van der Waals surface area (Å²) >= 11 is 0. The first-order chi connectivity index (χ1) is 3.35.